The Bertz CT molecular complexity index is 1020. The SMILES string of the molecule is CCOC(=O)c1ccccc1NC(=O)CCS(=O)(=O)c1ccc2c(c1)OCCO2. The van der Waals surface area contributed by atoms with E-state index in [2.05, 4.69) is 5.32 Å². The number of sulfone groups is 1. The molecule has 1 N–H and O–H groups in total. The summed E-state index contributed by atoms with van der Waals surface area (Å²) in [6.07, 6.45) is -0.270. The number of benzene rings is 2. The highest BCUT2D eigenvalue weighted by atomic mass is 32.2. The van der Waals surface area contributed by atoms with Crippen molar-refractivity contribution in [3.05, 3.63) is 48.0 Å². The number of rotatable bonds is 7. The highest BCUT2D eigenvalue weighted by Gasteiger charge is 2.21. The van der Waals surface area contributed by atoms with Gasteiger partial charge in [-0.3, -0.25) is 4.79 Å². The molecule has 3 rings (SSSR count). The van der Waals surface area contributed by atoms with Crippen LogP contribution in [-0.2, 0) is 19.4 Å². The Morgan fingerprint density at radius 1 is 1.07 bits per heavy atom. The van der Waals surface area contributed by atoms with Crippen molar-refractivity contribution in [3.63, 3.8) is 0 Å². The molecule has 0 saturated heterocycles. The molecule has 0 spiro atoms. The van der Waals surface area contributed by atoms with Crippen LogP contribution in [0.2, 0.25) is 0 Å². The minimum atomic E-state index is -3.70. The number of anilines is 1. The predicted molar refractivity (Wildman–Crippen MR) is 105 cm³/mol. The summed E-state index contributed by atoms with van der Waals surface area (Å²) in [5.74, 6) is -0.621. The maximum atomic E-state index is 12.6. The zero-order chi connectivity index (χ0) is 20.9. The molecule has 154 valence electrons. The van der Waals surface area contributed by atoms with E-state index >= 15 is 0 Å². The molecule has 0 bridgehead atoms. The van der Waals surface area contributed by atoms with E-state index in [1.54, 1.807) is 25.1 Å². The van der Waals surface area contributed by atoms with E-state index in [1.807, 2.05) is 0 Å². The fraction of sp³-hybridized carbons (Fsp3) is 0.300. The molecule has 1 heterocycles. The van der Waals surface area contributed by atoms with Gasteiger partial charge in [-0.05, 0) is 31.2 Å². The number of carbonyl (C=O) groups excluding carboxylic acids is 2. The largest absolute Gasteiger partial charge is 0.486 e. The normalized spacial score (nSPS) is 12.9. The summed E-state index contributed by atoms with van der Waals surface area (Å²) in [6, 6.07) is 10.8. The van der Waals surface area contributed by atoms with Gasteiger partial charge in [-0.2, -0.15) is 0 Å². The topological polar surface area (TPSA) is 108 Å². The number of esters is 1. The number of amides is 1. The highest BCUT2D eigenvalue weighted by molar-refractivity contribution is 7.91. The van der Waals surface area contributed by atoms with Crippen molar-refractivity contribution in [2.45, 2.75) is 18.2 Å². The van der Waals surface area contributed by atoms with Gasteiger partial charge < -0.3 is 19.5 Å². The molecule has 0 atom stereocenters. The number of hydrogen-bond acceptors (Lipinski definition) is 7. The van der Waals surface area contributed by atoms with E-state index in [-0.39, 0.29) is 34.9 Å². The molecular formula is C20H21NO7S. The Balaban J connectivity index is 1.66. The van der Waals surface area contributed by atoms with Crippen LogP contribution in [0.25, 0.3) is 0 Å². The Hall–Kier alpha value is -3.07. The molecule has 0 unspecified atom stereocenters. The van der Waals surface area contributed by atoms with Gasteiger partial charge in [0.25, 0.3) is 0 Å². The predicted octanol–water partition coefficient (Wildman–Crippen LogP) is 2.44. The third kappa shape index (κ3) is 5.05. The van der Waals surface area contributed by atoms with E-state index in [0.717, 1.165) is 0 Å². The number of para-hydroxylation sites is 1. The molecule has 0 fully saturated rings. The maximum absolute atomic E-state index is 12.6. The number of fused-ring (bicyclic) bond motifs is 1. The molecule has 1 amide bonds. The first-order valence-corrected chi connectivity index (χ1v) is 10.7. The first-order chi connectivity index (χ1) is 13.9. The zero-order valence-electron chi connectivity index (χ0n) is 15.8. The Kier molecular flexibility index (Phi) is 6.38. The monoisotopic (exact) mass is 419 g/mol. The zero-order valence-corrected chi connectivity index (χ0v) is 16.7. The number of carbonyl (C=O) groups is 2. The van der Waals surface area contributed by atoms with Crippen molar-refractivity contribution < 1.29 is 32.2 Å². The minimum absolute atomic E-state index is 0.0569. The van der Waals surface area contributed by atoms with Gasteiger partial charge in [0, 0.05) is 12.5 Å². The molecule has 2 aromatic rings. The molecule has 1 aliphatic rings. The average Bonchev–Trinajstić information content (AvgIpc) is 2.72. The fourth-order valence-electron chi connectivity index (χ4n) is 2.75. The van der Waals surface area contributed by atoms with Crippen molar-refractivity contribution in [1.82, 2.24) is 0 Å². The van der Waals surface area contributed by atoms with Gasteiger partial charge in [0.2, 0.25) is 5.91 Å². The Labute approximate surface area is 168 Å². The van der Waals surface area contributed by atoms with Crippen LogP contribution in [0.5, 0.6) is 11.5 Å². The summed E-state index contributed by atoms with van der Waals surface area (Å²) >= 11 is 0. The van der Waals surface area contributed by atoms with Crippen molar-refractivity contribution in [1.29, 1.82) is 0 Å². The molecule has 29 heavy (non-hydrogen) atoms. The molecule has 0 aromatic heterocycles. The summed E-state index contributed by atoms with van der Waals surface area (Å²) < 4.78 is 40.9. The van der Waals surface area contributed by atoms with E-state index in [9.17, 15) is 18.0 Å². The molecule has 1 aliphatic heterocycles. The lowest BCUT2D eigenvalue weighted by Crippen LogP contribution is -2.20. The molecule has 2 aromatic carbocycles. The standard InChI is InChI=1S/C20H21NO7S/c1-2-26-20(23)15-5-3-4-6-16(15)21-19(22)9-12-29(24,25)14-7-8-17-18(13-14)28-11-10-27-17/h3-8,13H,2,9-12H2,1H3,(H,21,22). The molecule has 9 heteroatoms. The Morgan fingerprint density at radius 3 is 2.55 bits per heavy atom. The number of nitrogens with one attached hydrogen (secondary N) is 1. The third-order valence-electron chi connectivity index (χ3n) is 4.17. The Morgan fingerprint density at radius 2 is 1.79 bits per heavy atom. The van der Waals surface area contributed by atoms with Gasteiger partial charge in [0.1, 0.15) is 13.2 Å². The lowest BCUT2D eigenvalue weighted by Gasteiger charge is -2.18. The van der Waals surface area contributed by atoms with Crippen molar-refractivity contribution in [2.75, 3.05) is 30.9 Å². The van der Waals surface area contributed by atoms with Crippen LogP contribution < -0.4 is 14.8 Å². The van der Waals surface area contributed by atoms with Crippen LogP contribution in [0.4, 0.5) is 5.69 Å². The number of hydrogen-bond donors (Lipinski definition) is 1. The molecular weight excluding hydrogens is 398 g/mol. The summed E-state index contributed by atoms with van der Waals surface area (Å²) in [4.78, 5) is 24.3. The van der Waals surface area contributed by atoms with Crippen molar-refractivity contribution in [2.24, 2.45) is 0 Å². The minimum Gasteiger partial charge on any atom is -0.486 e. The third-order valence-corrected chi connectivity index (χ3v) is 5.88. The second kappa shape index (κ2) is 8.95. The van der Waals surface area contributed by atoms with Crippen molar-refractivity contribution >= 4 is 27.4 Å². The van der Waals surface area contributed by atoms with E-state index in [0.29, 0.717) is 24.7 Å². The quantitative estimate of drug-likeness (QED) is 0.687. The molecule has 0 aliphatic carbocycles. The van der Waals surface area contributed by atoms with Crippen LogP contribution in [0.3, 0.4) is 0 Å². The summed E-state index contributed by atoms with van der Waals surface area (Å²) in [5.41, 5.74) is 0.477. The summed E-state index contributed by atoms with van der Waals surface area (Å²) in [6.45, 7) is 2.64. The van der Waals surface area contributed by atoms with E-state index in [1.165, 1.54) is 24.3 Å². The first-order valence-electron chi connectivity index (χ1n) is 9.09. The second-order valence-corrected chi connectivity index (χ2v) is 8.30. The van der Waals surface area contributed by atoms with Crippen LogP contribution in [0.15, 0.2) is 47.4 Å². The van der Waals surface area contributed by atoms with Crippen LogP contribution in [0, 0.1) is 0 Å². The summed E-state index contributed by atoms with van der Waals surface area (Å²) in [5, 5.41) is 2.57. The van der Waals surface area contributed by atoms with Crippen LogP contribution in [-0.4, -0.2) is 45.9 Å². The summed E-state index contributed by atoms with van der Waals surface area (Å²) in [7, 11) is -3.70. The van der Waals surface area contributed by atoms with Gasteiger partial charge in [0.05, 0.1) is 28.5 Å². The van der Waals surface area contributed by atoms with Gasteiger partial charge >= 0.3 is 5.97 Å². The molecule has 0 radical (unpaired) electrons. The fourth-order valence-corrected chi connectivity index (χ4v) is 4.01. The van der Waals surface area contributed by atoms with Gasteiger partial charge in [-0.1, -0.05) is 12.1 Å². The van der Waals surface area contributed by atoms with Gasteiger partial charge in [-0.25, -0.2) is 13.2 Å². The molecule has 0 saturated carbocycles. The van der Waals surface area contributed by atoms with Gasteiger partial charge in [0.15, 0.2) is 21.3 Å². The average molecular weight is 419 g/mol. The first kappa shape index (κ1) is 20.7. The smallest absolute Gasteiger partial charge is 0.340 e. The molecule has 8 nitrogen and oxygen atoms in total. The van der Waals surface area contributed by atoms with E-state index in [4.69, 9.17) is 14.2 Å². The van der Waals surface area contributed by atoms with Crippen LogP contribution >= 0.6 is 0 Å². The highest BCUT2D eigenvalue weighted by Crippen LogP contribution is 2.32. The number of ether oxygens (including phenoxy) is 3. The van der Waals surface area contributed by atoms with Crippen LogP contribution in [0.1, 0.15) is 23.7 Å². The lowest BCUT2D eigenvalue weighted by molar-refractivity contribution is -0.115. The van der Waals surface area contributed by atoms with Gasteiger partial charge in [-0.15, -0.1) is 0 Å². The lowest BCUT2D eigenvalue weighted by atomic mass is 10.1. The second-order valence-electron chi connectivity index (χ2n) is 6.19. The van der Waals surface area contributed by atoms with E-state index < -0.39 is 21.7 Å². The maximum Gasteiger partial charge on any atom is 0.340 e. The van der Waals surface area contributed by atoms with Crippen molar-refractivity contribution in [3.8, 4) is 11.5 Å².